The average molecular weight is 260 g/mol. The summed E-state index contributed by atoms with van der Waals surface area (Å²) in [7, 11) is 0. The molecule has 90 valence electrons. The first-order valence-electron chi connectivity index (χ1n) is 5.33. The summed E-state index contributed by atoms with van der Waals surface area (Å²) >= 11 is 7.83. The molecule has 0 aliphatic rings. The SMILES string of the molecule is CC(CO)CSc1ccc([C@@H](C)N)cc1Cl. The Morgan fingerprint density at radius 2 is 2.12 bits per heavy atom. The van der Waals surface area contributed by atoms with Crippen LogP contribution in [-0.4, -0.2) is 17.5 Å². The van der Waals surface area contributed by atoms with E-state index in [0.717, 1.165) is 21.2 Å². The van der Waals surface area contributed by atoms with Gasteiger partial charge in [-0.2, -0.15) is 0 Å². The van der Waals surface area contributed by atoms with Crippen molar-refractivity contribution in [3.8, 4) is 0 Å². The first-order valence-corrected chi connectivity index (χ1v) is 6.69. The monoisotopic (exact) mass is 259 g/mol. The van der Waals surface area contributed by atoms with Crippen LogP contribution in [0.15, 0.2) is 23.1 Å². The van der Waals surface area contributed by atoms with Gasteiger partial charge in [-0.15, -0.1) is 11.8 Å². The first kappa shape index (κ1) is 13.8. The molecule has 0 fully saturated rings. The Kier molecular flexibility index (Phi) is 5.62. The van der Waals surface area contributed by atoms with E-state index >= 15 is 0 Å². The maximum Gasteiger partial charge on any atom is 0.0545 e. The van der Waals surface area contributed by atoms with Crippen LogP contribution in [-0.2, 0) is 0 Å². The van der Waals surface area contributed by atoms with E-state index in [4.69, 9.17) is 22.4 Å². The van der Waals surface area contributed by atoms with Crippen LogP contribution in [0, 0.1) is 5.92 Å². The number of hydrogen-bond acceptors (Lipinski definition) is 3. The minimum absolute atomic E-state index is 0.00733. The van der Waals surface area contributed by atoms with Crippen molar-refractivity contribution in [2.75, 3.05) is 12.4 Å². The van der Waals surface area contributed by atoms with Gasteiger partial charge in [0.1, 0.15) is 0 Å². The zero-order valence-corrected chi connectivity index (χ0v) is 11.2. The van der Waals surface area contributed by atoms with Gasteiger partial charge in [0.05, 0.1) is 5.02 Å². The van der Waals surface area contributed by atoms with E-state index in [2.05, 4.69) is 0 Å². The number of nitrogens with two attached hydrogens (primary N) is 1. The standard InChI is InChI=1S/C12H18ClNOS/c1-8(6-15)7-16-12-4-3-10(9(2)14)5-11(12)13/h3-5,8-9,15H,6-7,14H2,1-2H3/t8?,9-/m1/s1. The molecule has 4 heteroatoms. The molecule has 0 aliphatic carbocycles. The Morgan fingerprint density at radius 1 is 1.44 bits per heavy atom. The quantitative estimate of drug-likeness (QED) is 0.799. The van der Waals surface area contributed by atoms with Crippen molar-refractivity contribution in [3.63, 3.8) is 0 Å². The van der Waals surface area contributed by atoms with E-state index in [1.807, 2.05) is 32.0 Å². The molecule has 1 unspecified atom stereocenters. The van der Waals surface area contributed by atoms with E-state index < -0.39 is 0 Å². The number of rotatable bonds is 5. The van der Waals surface area contributed by atoms with Crippen molar-refractivity contribution in [1.82, 2.24) is 0 Å². The maximum atomic E-state index is 8.94. The third kappa shape index (κ3) is 3.98. The second kappa shape index (κ2) is 6.50. The molecule has 1 aromatic rings. The van der Waals surface area contributed by atoms with Crippen molar-refractivity contribution in [3.05, 3.63) is 28.8 Å². The molecule has 0 saturated carbocycles. The van der Waals surface area contributed by atoms with E-state index in [0.29, 0.717) is 0 Å². The molecule has 0 amide bonds. The molecule has 16 heavy (non-hydrogen) atoms. The summed E-state index contributed by atoms with van der Waals surface area (Å²) in [5.74, 6) is 1.16. The van der Waals surface area contributed by atoms with Crippen molar-refractivity contribution in [2.45, 2.75) is 24.8 Å². The van der Waals surface area contributed by atoms with Gasteiger partial charge in [-0.1, -0.05) is 24.6 Å². The lowest BCUT2D eigenvalue weighted by Crippen LogP contribution is -2.05. The molecule has 0 bridgehead atoms. The van der Waals surface area contributed by atoms with Crippen LogP contribution in [0.4, 0.5) is 0 Å². The van der Waals surface area contributed by atoms with E-state index in [1.54, 1.807) is 11.8 Å². The first-order chi connectivity index (χ1) is 7.54. The molecular formula is C12H18ClNOS. The van der Waals surface area contributed by atoms with Gasteiger partial charge in [0.15, 0.2) is 0 Å². The third-order valence-corrected chi connectivity index (χ3v) is 4.14. The molecule has 0 spiro atoms. The predicted molar refractivity (Wildman–Crippen MR) is 71.0 cm³/mol. The predicted octanol–water partition coefficient (Wildman–Crippen LogP) is 3.08. The fraction of sp³-hybridized carbons (Fsp3) is 0.500. The highest BCUT2D eigenvalue weighted by atomic mass is 35.5. The lowest BCUT2D eigenvalue weighted by molar-refractivity contribution is 0.250. The Bertz CT molecular complexity index is 344. The van der Waals surface area contributed by atoms with Crippen molar-refractivity contribution in [1.29, 1.82) is 0 Å². The smallest absolute Gasteiger partial charge is 0.0545 e. The summed E-state index contributed by atoms with van der Waals surface area (Å²) < 4.78 is 0. The Balaban J connectivity index is 2.68. The minimum atomic E-state index is 0.00733. The van der Waals surface area contributed by atoms with Crippen LogP contribution in [0.2, 0.25) is 5.02 Å². The summed E-state index contributed by atoms with van der Waals surface area (Å²) in [6.07, 6.45) is 0. The summed E-state index contributed by atoms with van der Waals surface area (Å²) in [6, 6.07) is 5.92. The van der Waals surface area contributed by atoms with Crippen molar-refractivity contribution < 1.29 is 5.11 Å². The summed E-state index contributed by atoms with van der Waals surface area (Å²) in [6.45, 7) is 4.16. The largest absolute Gasteiger partial charge is 0.396 e. The minimum Gasteiger partial charge on any atom is -0.396 e. The number of aliphatic hydroxyl groups is 1. The topological polar surface area (TPSA) is 46.2 Å². The lowest BCUT2D eigenvalue weighted by Gasteiger charge is -2.11. The van der Waals surface area contributed by atoms with Gasteiger partial charge < -0.3 is 10.8 Å². The lowest BCUT2D eigenvalue weighted by atomic mass is 10.1. The Labute approximate surface area is 106 Å². The zero-order valence-electron chi connectivity index (χ0n) is 9.61. The van der Waals surface area contributed by atoms with Crippen molar-refractivity contribution in [2.24, 2.45) is 11.7 Å². The molecule has 1 aromatic carbocycles. The van der Waals surface area contributed by atoms with E-state index in [1.165, 1.54) is 0 Å². The van der Waals surface area contributed by atoms with Crippen LogP contribution in [0.3, 0.4) is 0 Å². The fourth-order valence-corrected chi connectivity index (χ4v) is 2.49. The van der Waals surface area contributed by atoms with Crippen LogP contribution in [0.25, 0.3) is 0 Å². The van der Waals surface area contributed by atoms with Gasteiger partial charge >= 0.3 is 0 Å². The van der Waals surface area contributed by atoms with Crippen LogP contribution < -0.4 is 5.73 Å². The summed E-state index contributed by atoms with van der Waals surface area (Å²) in [4.78, 5) is 1.05. The summed E-state index contributed by atoms with van der Waals surface area (Å²) in [5, 5.41) is 9.68. The number of thioether (sulfide) groups is 1. The van der Waals surface area contributed by atoms with Crippen molar-refractivity contribution >= 4 is 23.4 Å². The van der Waals surface area contributed by atoms with Gasteiger partial charge in [0.2, 0.25) is 0 Å². The molecule has 3 N–H and O–H groups in total. The Morgan fingerprint density at radius 3 is 2.62 bits per heavy atom. The van der Waals surface area contributed by atoms with Crippen LogP contribution in [0.1, 0.15) is 25.5 Å². The molecule has 0 saturated heterocycles. The summed E-state index contributed by atoms with van der Waals surface area (Å²) in [5.41, 5.74) is 6.82. The molecule has 0 aliphatic heterocycles. The molecule has 0 radical (unpaired) electrons. The van der Waals surface area contributed by atoms with E-state index in [-0.39, 0.29) is 18.6 Å². The van der Waals surface area contributed by atoms with E-state index in [9.17, 15) is 0 Å². The highest BCUT2D eigenvalue weighted by Crippen LogP contribution is 2.30. The molecule has 2 atom stereocenters. The third-order valence-electron chi connectivity index (χ3n) is 2.32. The Hall–Kier alpha value is -0.220. The van der Waals surface area contributed by atoms with Gasteiger partial charge in [-0.25, -0.2) is 0 Å². The highest BCUT2D eigenvalue weighted by molar-refractivity contribution is 7.99. The van der Waals surface area contributed by atoms with Gasteiger partial charge in [0, 0.05) is 23.3 Å². The van der Waals surface area contributed by atoms with Gasteiger partial charge in [-0.3, -0.25) is 0 Å². The number of benzene rings is 1. The molecule has 0 aromatic heterocycles. The average Bonchev–Trinajstić information content (AvgIpc) is 2.26. The van der Waals surface area contributed by atoms with Gasteiger partial charge in [-0.05, 0) is 30.5 Å². The fourth-order valence-electron chi connectivity index (χ4n) is 1.20. The number of aliphatic hydroxyl groups excluding tert-OH is 1. The molecule has 0 heterocycles. The number of hydrogen-bond donors (Lipinski definition) is 2. The molecule has 1 rings (SSSR count). The molecular weight excluding hydrogens is 242 g/mol. The van der Waals surface area contributed by atoms with Crippen LogP contribution >= 0.6 is 23.4 Å². The number of halogens is 1. The van der Waals surface area contributed by atoms with Gasteiger partial charge in [0.25, 0.3) is 0 Å². The van der Waals surface area contributed by atoms with Crippen LogP contribution in [0.5, 0.6) is 0 Å². The highest BCUT2D eigenvalue weighted by Gasteiger charge is 2.07. The second-order valence-corrected chi connectivity index (χ2v) is 5.55. The molecule has 2 nitrogen and oxygen atoms in total. The maximum absolute atomic E-state index is 8.94. The second-order valence-electron chi connectivity index (χ2n) is 4.08. The normalized spacial score (nSPS) is 14.8. The zero-order chi connectivity index (χ0) is 12.1.